The van der Waals surface area contributed by atoms with Gasteiger partial charge in [0.1, 0.15) is 5.78 Å². The Labute approximate surface area is 79.3 Å². The third-order valence-corrected chi connectivity index (χ3v) is 3.41. The van der Waals surface area contributed by atoms with E-state index in [9.17, 15) is 4.79 Å². The summed E-state index contributed by atoms with van der Waals surface area (Å²) in [6, 6.07) is 0. The van der Waals surface area contributed by atoms with Gasteiger partial charge in [-0.3, -0.25) is 4.79 Å². The maximum atomic E-state index is 11.5. The highest BCUT2D eigenvalue weighted by molar-refractivity contribution is 7.99. The third-order valence-electron chi connectivity index (χ3n) is 2.51. The van der Waals surface area contributed by atoms with E-state index in [1.165, 1.54) is 12.8 Å². The number of rotatable bonds is 5. The highest BCUT2D eigenvalue weighted by Gasteiger charge is 2.21. The lowest BCUT2D eigenvalue weighted by molar-refractivity contribution is -0.122. The van der Waals surface area contributed by atoms with Crippen LogP contribution >= 0.6 is 11.8 Å². The second-order valence-corrected chi connectivity index (χ2v) is 4.79. The van der Waals surface area contributed by atoms with E-state index in [-0.39, 0.29) is 0 Å². The summed E-state index contributed by atoms with van der Waals surface area (Å²) in [5.74, 6) is 3.12. The molecule has 12 heavy (non-hydrogen) atoms. The van der Waals surface area contributed by atoms with Crippen LogP contribution < -0.4 is 0 Å². The minimum atomic E-state index is 0.433. The minimum Gasteiger partial charge on any atom is -0.299 e. The van der Waals surface area contributed by atoms with Gasteiger partial charge in [-0.2, -0.15) is 11.8 Å². The van der Waals surface area contributed by atoms with Gasteiger partial charge >= 0.3 is 0 Å². The van der Waals surface area contributed by atoms with Crippen molar-refractivity contribution in [2.45, 2.75) is 39.0 Å². The smallest absolute Gasteiger partial charge is 0.136 e. The number of carbonyl (C=O) groups excluding carboxylic acids is 1. The summed E-state index contributed by atoms with van der Waals surface area (Å²) in [5, 5.41) is 0. The fourth-order valence-corrected chi connectivity index (χ4v) is 2.40. The topological polar surface area (TPSA) is 17.1 Å². The van der Waals surface area contributed by atoms with Crippen molar-refractivity contribution in [2.75, 3.05) is 11.5 Å². The standard InChI is InChI=1S/C10H18OS/c1-2-12-8-7-10(11)9-5-3-4-6-9/h9H,2-8H2,1H3. The predicted octanol–water partition coefficient (Wildman–Crippen LogP) is 2.89. The minimum absolute atomic E-state index is 0.433. The third kappa shape index (κ3) is 3.18. The highest BCUT2D eigenvalue weighted by atomic mass is 32.2. The molecule has 0 aromatic rings. The van der Waals surface area contributed by atoms with Crippen LogP contribution in [-0.2, 0) is 4.79 Å². The summed E-state index contributed by atoms with van der Waals surface area (Å²) in [6.45, 7) is 2.14. The maximum absolute atomic E-state index is 11.5. The molecule has 1 nitrogen and oxygen atoms in total. The van der Waals surface area contributed by atoms with Crippen molar-refractivity contribution in [3.63, 3.8) is 0 Å². The zero-order valence-corrected chi connectivity index (χ0v) is 8.66. The number of ketones is 1. The molecular formula is C10H18OS. The second kappa shape index (κ2) is 5.63. The monoisotopic (exact) mass is 186 g/mol. The molecule has 0 amide bonds. The SMILES string of the molecule is CCSCCC(=O)C1CCCC1. The maximum Gasteiger partial charge on any atom is 0.136 e. The molecule has 1 rings (SSSR count). The van der Waals surface area contributed by atoms with Crippen LogP contribution in [0.5, 0.6) is 0 Å². The molecule has 0 spiro atoms. The van der Waals surface area contributed by atoms with Gasteiger partial charge in [0.2, 0.25) is 0 Å². The molecule has 2 heteroatoms. The summed E-state index contributed by atoms with van der Waals surface area (Å²) < 4.78 is 0. The predicted molar refractivity (Wildman–Crippen MR) is 54.6 cm³/mol. The van der Waals surface area contributed by atoms with Crippen molar-refractivity contribution in [1.82, 2.24) is 0 Å². The van der Waals surface area contributed by atoms with Crippen molar-refractivity contribution in [1.29, 1.82) is 0 Å². The molecule has 0 saturated heterocycles. The van der Waals surface area contributed by atoms with Crippen molar-refractivity contribution < 1.29 is 4.79 Å². The molecule has 1 aliphatic carbocycles. The van der Waals surface area contributed by atoms with Gasteiger partial charge in [0.25, 0.3) is 0 Å². The van der Waals surface area contributed by atoms with Crippen LogP contribution in [0.2, 0.25) is 0 Å². The average Bonchev–Trinajstić information content (AvgIpc) is 2.56. The van der Waals surface area contributed by atoms with Crippen molar-refractivity contribution in [3.8, 4) is 0 Å². The number of thioether (sulfide) groups is 1. The molecule has 0 aromatic heterocycles. The zero-order valence-electron chi connectivity index (χ0n) is 7.84. The molecule has 1 fully saturated rings. The molecule has 1 saturated carbocycles. The molecule has 1 aliphatic rings. The Morgan fingerprint density at radius 3 is 2.67 bits per heavy atom. The molecule has 0 heterocycles. The largest absolute Gasteiger partial charge is 0.299 e. The van der Waals surface area contributed by atoms with E-state index in [0.29, 0.717) is 11.7 Å². The van der Waals surface area contributed by atoms with E-state index in [1.807, 2.05) is 11.8 Å². The quantitative estimate of drug-likeness (QED) is 0.614. The number of Topliss-reactive ketones (excluding diaryl/α,β-unsaturated/α-hetero) is 1. The number of hydrogen-bond acceptors (Lipinski definition) is 2. The Balaban J connectivity index is 2.10. The van der Waals surface area contributed by atoms with Crippen LogP contribution in [0.4, 0.5) is 0 Å². The first-order valence-electron chi connectivity index (χ1n) is 4.95. The van der Waals surface area contributed by atoms with Crippen molar-refractivity contribution in [2.24, 2.45) is 5.92 Å². The molecule has 0 unspecified atom stereocenters. The summed E-state index contributed by atoms with van der Waals surface area (Å²) in [4.78, 5) is 11.5. The van der Waals surface area contributed by atoms with E-state index in [0.717, 1.165) is 30.8 Å². The van der Waals surface area contributed by atoms with Crippen molar-refractivity contribution in [3.05, 3.63) is 0 Å². The molecule has 0 bridgehead atoms. The lowest BCUT2D eigenvalue weighted by Crippen LogP contribution is -2.11. The van der Waals surface area contributed by atoms with Gasteiger partial charge in [0, 0.05) is 18.1 Å². The van der Waals surface area contributed by atoms with Gasteiger partial charge < -0.3 is 0 Å². The van der Waals surface area contributed by atoms with Gasteiger partial charge in [-0.05, 0) is 18.6 Å². The summed E-state index contributed by atoms with van der Waals surface area (Å²) in [7, 11) is 0. The molecule has 0 N–H and O–H groups in total. The van der Waals surface area contributed by atoms with E-state index in [1.54, 1.807) is 0 Å². The van der Waals surface area contributed by atoms with Gasteiger partial charge in [0.15, 0.2) is 0 Å². The summed E-state index contributed by atoms with van der Waals surface area (Å²) in [6.07, 6.45) is 5.68. The van der Waals surface area contributed by atoms with E-state index in [4.69, 9.17) is 0 Å². The molecule has 0 aromatic carbocycles. The Kier molecular flexibility index (Phi) is 4.74. The lowest BCUT2D eigenvalue weighted by Gasteiger charge is -2.06. The second-order valence-electron chi connectivity index (χ2n) is 3.39. The molecule has 0 radical (unpaired) electrons. The fraction of sp³-hybridized carbons (Fsp3) is 0.900. The fourth-order valence-electron chi connectivity index (χ4n) is 1.77. The lowest BCUT2D eigenvalue weighted by atomic mass is 10.0. The number of carbonyl (C=O) groups is 1. The van der Waals surface area contributed by atoms with Gasteiger partial charge in [-0.1, -0.05) is 19.8 Å². The first-order valence-corrected chi connectivity index (χ1v) is 6.10. The molecule has 0 atom stereocenters. The van der Waals surface area contributed by atoms with Crippen LogP contribution in [0.3, 0.4) is 0 Å². The van der Waals surface area contributed by atoms with E-state index < -0.39 is 0 Å². The zero-order chi connectivity index (χ0) is 8.81. The van der Waals surface area contributed by atoms with Crippen LogP contribution in [0.15, 0.2) is 0 Å². The Morgan fingerprint density at radius 1 is 1.42 bits per heavy atom. The Morgan fingerprint density at radius 2 is 2.08 bits per heavy atom. The number of hydrogen-bond donors (Lipinski definition) is 0. The first kappa shape index (κ1) is 10.1. The van der Waals surface area contributed by atoms with Gasteiger partial charge in [0.05, 0.1) is 0 Å². The molecule has 70 valence electrons. The van der Waals surface area contributed by atoms with E-state index >= 15 is 0 Å². The molecular weight excluding hydrogens is 168 g/mol. The van der Waals surface area contributed by atoms with E-state index in [2.05, 4.69) is 6.92 Å². The highest BCUT2D eigenvalue weighted by Crippen LogP contribution is 2.26. The van der Waals surface area contributed by atoms with Crippen LogP contribution in [-0.4, -0.2) is 17.3 Å². The summed E-state index contributed by atoms with van der Waals surface area (Å²) in [5.41, 5.74) is 0. The normalized spacial score (nSPS) is 18.4. The summed E-state index contributed by atoms with van der Waals surface area (Å²) >= 11 is 1.87. The average molecular weight is 186 g/mol. The van der Waals surface area contributed by atoms with Crippen molar-refractivity contribution >= 4 is 17.5 Å². The first-order chi connectivity index (χ1) is 5.84. The van der Waals surface area contributed by atoms with Crippen LogP contribution in [0.1, 0.15) is 39.0 Å². The molecule has 0 aliphatic heterocycles. The Hall–Kier alpha value is 0.0200. The van der Waals surface area contributed by atoms with Gasteiger partial charge in [-0.25, -0.2) is 0 Å². The van der Waals surface area contributed by atoms with Crippen LogP contribution in [0, 0.1) is 5.92 Å². The van der Waals surface area contributed by atoms with Crippen LogP contribution in [0.25, 0.3) is 0 Å². The van der Waals surface area contributed by atoms with Gasteiger partial charge in [-0.15, -0.1) is 0 Å². The Bertz CT molecular complexity index is 139.